The van der Waals surface area contributed by atoms with Crippen molar-refractivity contribution < 1.29 is 9.59 Å². The summed E-state index contributed by atoms with van der Waals surface area (Å²) in [5, 5.41) is 6.03. The van der Waals surface area contributed by atoms with Gasteiger partial charge < -0.3 is 10.6 Å². The molecular formula is C14H18ClN3O2. The van der Waals surface area contributed by atoms with Crippen molar-refractivity contribution in [1.29, 1.82) is 0 Å². The second-order valence-corrected chi connectivity index (χ2v) is 4.98. The SMILES string of the molecule is Cl.O=C1NC(c2ccccc2)C(=O)N1C1CCNCC1. The summed E-state index contributed by atoms with van der Waals surface area (Å²) in [5.41, 5.74) is 0.845. The van der Waals surface area contributed by atoms with Crippen LogP contribution in [-0.4, -0.2) is 36.0 Å². The number of amides is 3. The molecule has 1 unspecified atom stereocenters. The third-order valence-electron chi connectivity index (χ3n) is 3.78. The number of halogens is 1. The molecule has 0 aromatic heterocycles. The number of hydrogen-bond acceptors (Lipinski definition) is 3. The Bertz CT molecular complexity index is 488. The van der Waals surface area contributed by atoms with Gasteiger partial charge in [-0.15, -0.1) is 12.4 Å². The maximum absolute atomic E-state index is 12.4. The Labute approximate surface area is 124 Å². The number of nitrogens with one attached hydrogen (secondary N) is 2. The van der Waals surface area contributed by atoms with Gasteiger partial charge >= 0.3 is 6.03 Å². The smallest absolute Gasteiger partial charge is 0.322 e. The van der Waals surface area contributed by atoms with E-state index in [1.54, 1.807) is 0 Å². The maximum atomic E-state index is 12.4. The first-order chi connectivity index (χ1) is 9.27. The number of carbonyl (C=O) groups is 2. The minimum absolute atomic E-state index is 0. The van der Waals surface area contributed by atoms with Crippen LogP contribution in [0.15, 0.2) is 30.3 Å². The standard InChI is InChI=1S/C14H17N3O2.ClH/c18-13-12(10-4-2-1-3-5-10)16-14(19)17(13)11-6-8-15-9-7-11;/h1-5,11-12,15H,6-9H2,(H,16,19);1H. The molecule has 1 atom stereocenters. The van der Waals surface area contributed by atoms with Gasteiger partial charge in [-0.1, -0.05) is 30.3 Å². The highest BCUT2D eigenvalue weighted by molar-refractivity contribution is 6.05. The van der Waals surface area contributed by atoms with Gasteiger partial charge in [0.15, 0.2) is 0 Å². The zero-order valence-corrected chi connectivity index (χ0v) is 11.9. The highest BCUT2D eigenvalue weighted by Crippen LogP contribution is 2.25. The fourth-order valence-electron chi connectivity index (χ4n) is 2.78. The summed E-state index contributed by atoms with van der Waals surface area (Å²) in [6, 6.07) is 8.64. The van der Waals surface area contributed by atoms with Gasteiger partial charge in [-0.2, -0.15) is 0 Å². The first kappa shape index (κ1) is 14.8. The second-order valence-electron chi connectivity index (χ2n) is 4.98. The average Bonchev–Trinajstić information content (AvgIpc) is 2.76. The molecule has 1 aromatic rings. The molecule has 108 valence electrons. The molecule has 20 heavy (non-hydrogen) atoms. The first-order valence-corrected chi connectivity index (χ1v) is 6.66. The lowest BCUT2D eigenvalue weighted by atomic mass is 10.0. The lowest BCUT2D eigenvalue weighted by Crippen LogP contribution is -2.46. The zero-order valence-electron chi connectivity index (χ0n) is 11.0. The van der Waals surface area contributed by atoms with Crippen LogP contribution >= 0.6 is 12.4 Å². The fraction of sp³-hybridized carbons (Fsp3) is 0.429. The van der Waals surface area contributed by atoms with Crippen LogP contribution in [0.1, 0.15) is 24.4 Å². The van der Waals surface area contributed by atoms with Crippen molar-refractivity contribution in [2.45, 2.75) is 24.9 Å². The van der Waals surface area contributed by atoms with Crippen LogP contribution in [0.2, 0.25) is 0 Å². The molecule has 0 radical (unpaired) electrons. The van der Waals surface area contributed by atoms with Crippen LogP contribution in [0.5, 0.6) is 0 Å². The summed E-state index contributed by atoms with van der Waals surface area (Å²) in [5.74, 6) is -0.122. The summed E-state index contributed by atoms with van der Waals surface area (Å²) < 4.78 is 0. The average molecular weight is 296 g/mol. The van der Waals surface area contributed by atoms with E-state index < -0.39 is 6.04 Å². The molecule has 0 bridgehead atoms. The predicted octanol–water partition coefficient (Wildman–Crippen LogP) is 1.45. The summed E-state index contributed by atoms with van der Waals surface area (Å²) in [6.45, 7) is 1.72. The molecular weight excluding hydrogens is 278 g/mol. The quantitative estimate of drug-likeness (QED) is 0.812. The Morgan fingerprint density at radius 3 is 2.35 bits per heavy atom. The minimum atomic E-state index is -0.524. The Hall–Kier alpha value is -1.59. The topological polar surface area (TPSA) is 61.4 Å². The number of piperidine rings is 1. The van der Waals surface area contributed by atoms with Crippen LogP contribution in [0.4, 0.5) is 4.79 Å². The number of nitrogens with zero attached hydrogens (tertiary/aromatic N) is 1. The lowest BCUT2D eigenvalue weighted by Gasteiger charge is -2.29. The third kappa shape index (κ3) is 2.64. The zero-order chi connectivity index (χ0) is 13.2. The van der Waals surface area contributed by atoms with Gasteiger partial charge in [0.2, 0.25) is 0 Å². The van der Waals surface area contributed by atoms with E-state index in [9.17, 15) is 9.59 Å². The maximum Gasteiger partial charge on any atom is 0.325 e. The molecule has 2 heterocycles. The Morgan fingerprint density at radius 1 is 1.05 bits per heavy atom. The number of urea groups is 1. The molecule has 3 rings (SSSR count). The van der Waals surface area contributed by atoms with Crippen molar-refractivity contribution in [2.75, 3.05) is 13.1 Å². The number of rotatable bonds is 2. The van der Waals surface area contributed by atoms with Crippen LogP contribution in [0.3, 0.4) is 0 Å². The monoisotopic (exact) mass is 295 g/mol. The lowest BCUT2D eigenvalue weighted by molar-refractivity contribution is -0.129. The molecule has 0 saturated carbocycles. The second kappa shape index (κ2) is 6.24. The predicted molar refractivity (Wildman–Crippen MR) is 77.7 cm³/mol. The van der Waals surface area contributed by atoms with E-state index in [1.807, 2.05) is 30.3 Å². The Balaban J connectivity index is 0.00000147. The van der Waals surface area contributed by atoms with Crippen molar-refractivity contribution >= 4 is 24.3 Å². The van der Waals surface area contributed by atoms with Gasteiger partial charge in [-0.25, -0.2) is 4.79 Å². The van der Waals surface area contributed by atoms with E-state index in [2.05, 4.69) is 10.6 Å². The number of imide groups is 1. The van der Waals surface area contributed by atoms with Crippen molar-refractivity contribution in [2.24, 2.45) is 0 Å². The highest BCUT2D eigenvalue weighted by Gasteiger charge is 2.42. The molecule has 2 fully saturated rings. The molecule has 2 saturated heterocycles. The minimum Gasteiger partial charge on any atom is -0.322 e. The Kier molecular flexibility index (Phi) is 4.62. The summed E-state index contributed by atoms with van der Waals surface area (Å²) in [6.07, 6.45) is 1.67. The van der Waals surface area contributed by atoms with Crippen molar-refractivity contribution in [3.05, 3.63) is 35.9 Å². The van der Waals surface area contributed by atoms with E-state index in [4.69, 9.17) is 0 Å². The van der Waals surface area contributed by atoms with Crippen LogP contribution < -0.4 is 10.6 Å². The summed E-state index contributed by atoms with van der Waals surface area (Å²) >= 11 is 0. The van der Waals surface area contributed by atoms with Crippen molar-refractivity contribution in [3.8, 4) is 0 Å². The van der Waals surface area contributed by atoms with Crippen LogP contribution in [0, 0.1) is 0 Å². The first-order valence-electron chi connectivity index (χ1n) is 6.66. The molecule has 1 aromatic carbocycles. The highest BCUT2D eigenvalue weighted by atomic mass is 35.5. The van der Waals surface area contributed by atoms with Crippen molar-refractivity contribution in [1.82, 2.24) is 15.5 Å². The molecule has 0 aliphatic carbocycles. The number of carbonyl (C=O) groups excluding carboxylic acids is 2. The van der Waals surface area contributed by atoms with Gasteiger partial charge in [-0.05, 0) is 31.5 Å². The summed E-state index contributed by atoms with van der Waals surface area (Å²) in [4.78, 5) is 25.9. The number of hydrogen-bond donors (Lipinski definition) is 2. The normalized spacial score (nSPS) is 23.4. The van der Waals surface area contributed by atoms with E-state index in [0.717, 1.165) is 31.5 Å². The van der Waals surface area contributed by atoms with Crippen LogP contribution in [-0.2, 0) is 4.79 Å². The van der Waals surface area contributed by atoms with E-state index >= 15 is 0 Å². The molecule has 2 aliphatic heterocycles. The summed E-state index contributed by atoms with van der Waals surface area (Å²) in [7, 11) is 0. The van der Waals surface area contributed by atoms with Gasteiger partial charge in [0, 0.05) is 6.04 Å². The van der Waals surface area contributed by atoms with Gasteiger partial charge in [0.25, 0.3) is 5.91 Å². The fourth-order valence-corrected chi connectivity index (χ4v) is 2.78. The molecule has 0 spiro atoms. The number of benzene rings is 1. The molecule has 5 nitrogen and oxygen atoms in total. The van der Waals surface area contributed by atoms with E-state index in [0.29, 0.717) is 0 Å². The van der Waals surface area contributed by atoms with Gasteiger partial charge in [0.05, 0.1) is 0 Å². The van der Waals surface area contributed by atoms with E-state index in [1.165, 1.54) is 4.90 Å². The van der Waals surface area contributed by atoms with E-state index in [-0.39, 0.29) is 30.4 Å². The van der Waals surface area contributed by atoms with Crippen molar-refractivity contribution in [3.63, 3.8) is 0 Å². The largest absolute Gasteiger partial charge is 0.325 e. The molecule has 3 amide bonds. The van der Waals surface area contributed by atoms with Gasteiger partial charge in [-0.3, -0.25) is 9.69 Å². The van der Waals surface area contributed by atoms with Crippen LogP contribution in [0.25, 0.3) is 0 Å². The molecule has 6 heteroatoms. The molecule has 2 aliphatic rings. The molecule has 2 N–H and O–H groups in total. The Morgan fingerprint density at radius 2 is 1.70 bits per heavy atom. The van der Waals surface area contributed by atoms with Gasteiger partial charge in [0.1, 0.15) is 6.04 Å². The third-order valence-corrected chi connectivity index (χ3v) is 3.78.